The number of Topliss-reactive ketones (excluding diaryl/α,β-unsaturated/α-hetero) is 1. The van der Waals surface area contributed by atoms with Gasteiger partial charge >= 0.3 is 12.1 Å². The van der Waals surface area contributed by atoms with Gasteiger partial charge in [-0.3, -0.25) is 14.5 Å². The van der Waals surface area contributed by atoms with E-state index in [9.17, 15) is 14.4 Å². The second-order valence-electron chi connectivity index (χ2n) is 7.94. The van der Waals surface area contributed by atoms with E-state index in [2.05, 4.69) is 0 Å². The van der Waals surface area contributed by atoms with Crippen LogP contribution in [0, 0.1) is 0 Å². The average Bonchev–Trinajstić information content (AvgIpc) is 2.78. The van der Waals surface area contributed by atoms with Crippen molar-refractivity contribution < 1.29 is 28.8 Å². The molecule has 0 bridgehead atoms. The van der Waals surface area contributed by atoms with Gasteiger partial charge in [-0.1, -0.05) is 29.8 Å². The summed E-state index contributed by atoms with van der Waals surface area (Å²) >= 11 is 6.43. The number of likely N-dealkylation sites (N-methyl/N-ethyl adjacent to an activating group) is 1. The first-order valence-corrected chi connectivity index (χ1v) is 10.8. The molecule has 0 saturated heterocycles. The third kappa shape index (κ3) is 4.92. The molecule has 1 aromatic heterocycles. The summed E-state index contributed by atoms with van der Waals surface area (Å²) in [6.07, 6.45) is 5.25. The molecule has 1 aromatic carbocycles. The Kier molecular flexibility index (Phi) is 7.48. The average molecular weight is 461 g/mol. The highest BCUT2D eigenvalue weighted by atomic mass is 35.5. The number of hydrogen-bond acceptors (Lipinski definition) is 5. The maximum Gasteiger partial charge on any atom is 0.415 e. The highest BCUT2D eigenvalue weighted by molar-refractivity contribution is 6.31. The molecule has 0 aliphatic heterocycles. The first kappa shape index (κ1) is 23.7. The highest BCUT2D eigenvalue weighted by Crippen LogP contribution is 2.42. The van der Waals surface area contributed by atoms with Crippen LogP contribution in [0.15, 0.2) is 48.8 Å². The third-order valence-electron chi connectivity index (χ3n) is 5.85. The fourth-order valence-corrected chi connectivity index (χ4v) is 4.42. The van der Waals surface area contributed by atoms with Gasteiger partial charge in [0.05, 0.1) is 0 Å². The van der Waals surface area contributed by atoms with Crippen LogP contribution in [0.25, 0.3) is 0 Å². The predicted molar refractivity (Wildman–Crippen MR) is 117 cm³/mol. The van der Waals surface area contributed by atoms with E-state index >= 15 is 0 Å². The lowest BCUT2D eigenvalue weighted by molar-refractivity contribution is -0.727. The number of rotatable bonds is 7. The number of carbonyl (C=O) groups excluding carboxylic acids is 2. The molecule has 1 saturated carbocycles. The summed E-state index contributed by atoms with van der Waals surface area (Å²) in [7, 11) is 1.56. The lowest BCUT2D eigenvalue weighted by Crippen LogP contribution is -2.55. The molecule has 1 heterocycles. The Hall–Kier alpha value is -2.97. The van der Waals surface area contributed by atoms with Crippen LogP contribution in [0.5, 0.6) is 0 Å². The molecule has 0 radical (unpaired) electrons. The number of aliphatic carboxylic acids is 1. The van der Waals surface area contributed by atoms with E-state index in [0.717, 1.165) is 12.8 Å². The summed E-state index contributed by atoms with van der Waals surface area (Å²) in [6, 6.07) is 9.52. The topological polar surface area (TPSA) is 114 Å². The number of nitrogens with zero attached hydrogens (tertiary/aromatic N) is 2. The Morgan fingerprint density at radius 2 is 2.03 bits per heavy atom. The van der Waals surface area contributed by atoms with Gasteiger partial charge in [-0.25, -0.2) is 4.79 Å². The summed E-state index contributed by atoms with van der Waals surface area (Å²) in [5, 5.41) is 9.42. The summed E-state index contributed by atoms with van der Waals surface area (Å²) in [6.45, 7) is -0.105. The molecule has 1 aliphatic carbocycles. The fraction of sp³-hybridized carbons (Fsp3) is 0.391. The number of ether oxygens (including phenoxy) is 1. The lowest BCUT2D eigenvalue weighted by Gasteiger charge is -2.43. The van der Waals surface area contributed by atoms with Gasteiger partial charge in [-0.15, -0.1) is 0 Å². The summed E-state index contributed by atoms with van der Waals surface area (Å²) in [4.78, 5) is 38.4. The molecule has 170 valence electrons. The van der Waals surface area contributed by atoms with Gasteiger partial charge in [-0.2, -0.15) is 4.57 Å². The Labute approximate surface area is 191 Å². The Morgan fingerprint density at radius 3 is 2.72 bits per heavy atom. The molecule has 3 N–H and O–H groups in total. The van der Waals surface area contributed by atoms with Crippen molar-refractivity contribution in [1.29, 1.82) is 0 Å². The minimum absolute atomic E-state index is 0.0615. The van der Waals surface area contributed by atoms with E-state index < -0.39 is 23.6 Å². The quantitative estimate of drug-likeness (QED) is 0.614. The maximum absolute atomic E-state index is 13.1. The molecule has 3 rings (SSSR count). The number of carboxylic acids is 1. The zero-order valence-electron chi connectivity index (χ0n) is 17.9. The minimum Gasteiger partial charge on any atom is -0.480 e. The van der Waals surface area contributed by atoms with E-state index in [0.29, 0.717) is 29.0 Å². The fourth-order valence-electron chi connectivity index (χ4n) is 4.13. The molecule has 1 unspecified atom stereocenters. The Balaban J connectivity index is 1.77. The summed E-state index contributed by atoms with van der Waals surface area (Å²) in [5.41, 5.74) is 5.72. The minimum atomic E-state index is -1.17. The summed E-state index contributed by atoms with van der Waals surface area (Å²) < 4.78 is 7.10. The van der Waals surface area contributed by atoms with E-state index in [1.165, 1.54) is 4.90 Å². The van der Waals surface area contributed by atoms with Gasteiger partial charge in [0.15, 0.2) is 18.2 Å². The van der Waals surface area contributed by atoms with Gasteiger partial charge in [0, 0.05) is 42.1 Å². The van der Waals surface area contributed by atoms with Crippen molar-refractivity contribution >= 4 is 29.4 Å². The van der Waals surface area contributed by atoms with Crippen LogP contribution in [0.3, 0.4) is 0 Å². The smallest absolute Gasteiger partial charge is 0.415 e. The molecule has 1 fully saturated rings. The molecule has 2 aromatic rings. The van der Waals surface area contributed by atoms with Gasteiger partial charge in [0.1, 0.15) is 11.6 Å². The normalized spacial score (nSPS) is 19.3. The number of carbonyl (C=O) groups is 3. The molecule has 0 spiro atoms. The third-order valence-corrected chi connectivity index (χ3v) is 6.18. The van der Waals surface area contributed by atoms with Crippen molar-refractivity contribution in [2.24, 2.45) is 5.73 Å². The van der Waals surface area contributed by atoms with Crippen LogP contribution in [0.1, 0.15) is 36.8 Å². The summed E-state index contributed by atoms with van der Waals surface area (Å²) in [5.74, 6) is -1.15. The van der Waals surface area contributed by atoms with Crippen LogP contribution in [0.4, 0.5) is 4.79 Å². The molecular weight excluding hydrogens is 434 g/mol. The van der Waals surface area contributed by atoms with E-state index in [4.69, 9.17) is 27.2 Å². The number of nitrogens with two attached hydrogens (primary N) is 1. The number of benzene rings is 1. The molecule has 1 aliphatic rings. The first-order chi connectivity index (χ1) is 15.3. The van der Waals surface area contributed by atoms with E-state index in [1.54, 1.807) is 60.4 Å². The molecular formula is C23H27ClN3O5+. The number of amides is 1. The van der Waals surface area contributed by atoms with Crippen molar-refractivity contribution in [3.8, 4) is 0 Å². The second-order valence-corrected chi connectivity index (χ2v) is 8.35. The number of pyridine rings is 1. The molecule has 32 heavy (non-hydrogen) atoms. The Bertz CT molecular complexity index is 1010. The Morgan fingerprint density at radius 1 is 1.28 bits per heavy atom. The van der Waals surface area contributed by atoms with Crippen molar-refractivity contribution in [1.82, 2.24) is 4.90 Å². The number of halogens is 1. The molecule has 9 heteroatoms. The largest absolute Gasteiger partial charge is 0.480 e. The second kappa shape index (κ2) is 10.1. The molecule has 8 nitrogen and oxygen atoms in total. The zero-order valence-corrected chi connectivity index (χ0v) is 18.6. The highest BCUT2D eigenvalue weighted by Gasteiger charge is 2.48. The first-order valence-electron chi connectivity index (χ1n) is 10.4. The van der Waals surface area contributed by atoms with Crippen molar-refractivity contribution in [2.45, 2.75) is 50.4 Å². The van der Waals surface area contributed by atoms with E-state index in [1.807, 2.05) is 0 Å². The van der Waals surface area contributed by atoms with Crippen molar-refractivity contribution in [3.63, 3.8) is 0 Å². The maximum atomic E-state index is 13.1. The lowest BCUT2D eigenvalue weighted by atomic mass is 9.74. The monoisotopic (exact) mass is 460 g/mol. The number of hydrogen-bond donors (Lipinski definition) is 2. The van der Waals surface area contributed by atoms with Crippen LogP contribution in [-0.2, 0) is 33.0 Å². The SMILES string of the molecule is CN(C(=O)OC[n+]1cccc(C[C@H](N)C(=O)O)c1)C1(c2ccccc2Cl)CCCCC1=O. The van der Waals surface area contributed by atoms with Crippen LogP contribution >= 0.6 is 11.6 Å². The van der Waals surface area contributed by atoms with Gasteiger partial charge in [0.2, 0.25) is 0 Å². The predicted octanol–water partition coefficient (Wildman–Crippen LogP) is 2.65. The van der Waals surface area contributed by atoms with E-state index in [-0.39, 0.29) is 18.9 Å². The van der Waals surface area contributed by atoms with Crippen LogP contribution in [-0.4, -0.2) is 40.9 Å². The number of ketones is 1. The van der Waals surface area contributed by atoms with Crippen LogP contribution < -0.4 is 10.3 Å². The van der Waals surface area contributed by atoms with Gasteiger partial charge < -0.3 is 15.6 Å². The zero-order chi connectivity index (χ0) is 23.3. The number of carboxylic acid groups (broad SMARTS) is 1. The van der Waals surface area contributed by atoms with Gasteiger partial charge in [-0.05, 0) is 31.4 Å². The van der Waals surface area contributed by atoms with Crippen molar-refractivity contribution in [3.05, 3.63) is 64.9 Å². The van der Waals surface area contributed by atoms with Crippen LogP contribution in [0.2, 0.25) is 5.02 Å². The number of aromatic nitrogens is 1. The van der Waals surface area contributed by atoms with Gasteiger partial charge in [0.25, 0.3) is 6.73 Å². The standard InChI is InChI=1S/C23H26ClN3O5/c1-26(23(11-5-4-10-20(23)28)17-8-2-3-9-18(17)24)22(31)32-15-27-12-6-7-16(14-27)13-19(25)21(29)30/h2-3,6-9,12,14,19H,4-5,10-11,13,15,25H2,1H3/p+1/t19-,23?/m0/s1. The van der Waals surface area contributed by atoms with Crippen molar-refractivity contribution in [2.75, 3.05) is 7.05 Å². The molecule has 1 amide bonds. The molecule has 2 atom stereocenters.